The largest absolute Gasteiger partial charge is 0.478 e. The van der Waals surface area contributed by atoms with E-state index in [2.05, 4.69) is 31.7 Å². The molecule has 0 spiro atoms. The van der Waals surface area contributed by atoms with Crippen LogP contribution in [-0.4, -0.2) is 50.8 Å². The Bertz CT molecular complexity index is 1200. The van der Waals surface area contributed by atoms with Crippen LogP contribution in [0.15, 0.2) is 71.4 Å². The number of carbonyl (C=O) groups is 4. The normalized spacial score (nSPS) is 21.4. The monoisotopic (exact) mass is 645 g/mol. The lowest BCUT2D eigenvalue weighted by atomic mass is 9.83. The zero-order valence-electron chi connectivity index (χ0n) is 28.6. The molecule has 0 aromatic rings. The molecule has 0 aliphatic carbocycles. The van der Waals surface area contributed by atoms with E-state index in [4.69, 9.17) is 15.6 Å². The van der Waals surface area contributed by atoms with Crippen LogP contribution >= 0.6 is 12.6 Å². The Labute approximate surface area is 275 Å². The van der Waals surface area contributed by atoms with Gasteiger partial charge in [-0.25, -0.2) is 9.59 Å². The van der Waals surface area contributed by atoms with Crippen molar-refractivity contribution in [2.24, 2.45) is 35.3 Å². The molecule has 8 nitrogen and oxygen atoms in total. The number of aliphatic hydroxyl groups is 1. The molecule has 0 aromatic heterocycles. The molecule has 0 saturated heterocycles. The van der Waals surface area contributed by atoms with Crippen LogP contribution in [0.1, 0.15) is 82.1 Å². The third-order valence-corrected chi connectivity index (χ3v) is 7.63. The van der Waals surface area contributed by atoms with Crippen molar-refractivity contribution >= 4 is 36.3 Å². The number of thiol groups is 1. The summed E-state index contributed by atoms with van der Waals surface area (Å²) in [6.45, 7) is 18.6. The fourth-order valence-corrected chi connectivity index (χ4v) is 4.63. The number of ketones is 1. The van der Waals surface area contributed by atoms with Crippen LogP contribution in [0.4, 0.5) is 0 Å². The van der Waals surface area contributed by atoms with Crippen LogP contribution in [0.5, 0.6) is 0 Å². The number of aliphatic hydroxyl groups excluding tert-OH is 1. The summed E-state index contributed by atoms with van der Waals surface area (Å²) in [6, 6.07) is 0. The first kappa shape index (κ1) is 41.8. The van der Waals surface area contributed by atoms with E-state index in [1.165, 1.54) is 6.08 Å². The van der Waals surface area contributed by atoms with Gasteiger partial charge in [-0.3, -0.25) is 9.59 Å². The summed E-state index contributed by atoms with van der Waals surface area (Å²) in [5.41, 5.74) is 7.60. The Hall–Kier alpha value is -3.17. The second-order valence-corrected chi connectivity index (χ2v) is 13.9. The highest BCUT2D eigenvalue weighted by molar-refractivity contribution is 7.82. The third-order valence-electron chi connectivity index (χ3n) is 7.41. The number of carbonyl (C=O) groups excluding carboxylic acids is 3. The number of allylic oxidation sites excluding steroid dienone is 8. The van der Waals surface area contributed by atoms with Gasteiger partial charge in [-0.2, -0.15) is 12.6 Å². The molecule has 1 aliphatic rings. The van der Waals surface area contributed by atoms with Crippen molar-refractivity contribution in [2.75, 3.05) is 0 Å². The van der Waals surface area contributed by atoms with Crippen molar-refractivity contribution in [3.63, 3.8) is 0 Å². The Morgan fingerprint density at radius 1 is 1.07 bits per heavy atom. The first-order valence-corrected chi connectivity index (χ1v) is 15.8. The molecule has 0 fully saturated rings. The van der Waals surface area contributed by atoms with Gasteiger partial charge in [-0.05, 0) is 65.4 Å². The fraction of sp³-hybridized carbons (Fsp3) is 0.556. The Morgan fingerprint density at radius 2 is 1.62 bits per heavy atom. The van der Waals surface area contributed by atoms with Gasteiger partial charge in [0.2, 0.25) is 5.91 Å². The first-order chi connectivity index (χ1) is 20.6. The van der Waals surface area contributed by atoms with E-state index in [0.29, 0.717) is 17.9 Å². The average Bonchev–Trinajstić information content (AvgIpc) is 2.91. The van der Waals surface area contributed by atoms with Gasteiger partial charge in [0, 0.05) is 29.9 Å². The fourth-order valence-electron chi connectivity index (χ4n) is 4.63. The molecule has 1 aliphatic heterocycles. The molecule has 1 amide bonds. The summed E-state index contributed by atoms with van der Waals surface area (Å²) >= 11 is 3.88. The van der Waals surface area contributed by atoms with Gasteiger partial charge in [0.15, 0.2) is 0 Å². The SMILES string of the molecule is CC(=C/C(C)C/C=C/C(C)=C/C(C)C(=O)C(C)C(O)C(C)C/C(C)=C/C(=O)O)/C=C/[C@@H]1OC(=O)C=C[C@@H]1C.CC(C)(S)C(N)=O. The molecule has 0 saturated carbocycles. The van der Waals surface area contributed by atoms with Crippen molar-refractivity contribution in [3.8, 4) is 0 Å². The number of aliphatic carboxylic acids is 1. The number of carboxylic acid groups (broad SMARTS) is 1. The molecular formula is C36H55NO7S. The predicted octanol–water partition coefficient (Wildman–Crippen LogP) is 6.57. The van der Waals surface area contributed by atoms with E-state index in [0.717, 1.165) is 23.6 Å². The minimum absolute atomic E-state index is 0.0378. The second kappa shape index (κ2) is 20.1. The lowest BCUT2D eigenvalue weighted by molar-refractivity contribution is -0.143. The summed E-state index contributed by atoms with van der Waals surface area (Å²) in [7, 11) is 0. The van der Waals surface area contributed by atoms with Crippen molar-refractivity contribution < 1.29 is 34.1 Å². The number of rotatable bonds is 15. The quantitative estimate of drug-likeness (QED) is 0.0682. The maximum Gasteiger partial charge on any atom is 0.331 e. The number of hydrogen-bond donors (Lipinski definition) is 4. The summed E-state index contributed by atoms with van der Waals surface area (Å²) in [4.78, 5) is 45.4. The smallest absolute Gasteiger partial charge is 0.331 e. The molecule has 0 radical (unpaired) electrons. The maximum absolute atomic E-state index is 12.9. The van der Waals surface area contributed by atoms with Crippen LogP contribution in [0, 0.1) is 29.6 Å². The minimum atomic E-state index is -1.01. The van der Waals surface area contributed by atoms with Crippen LogP contribution in [0.2, 0.25) is 0 Å². The Balaban J connectivity index is 0.00000246. The molecule has 4 N–H and O–H groups in total. The Morgan fingerprint density at radius 3 is 2.16 bits per heavy atom. The molecule has 1 heterocycles. The standard InChI is InChI=1S/C32H46O6.C4H9NOS/c1-20(16-22(3)12-14-28-24(5)13-15-30(35)38-28)10-9-11-21(2)17-25(6)31(36)27(8)32(37)26(7)18-23(4)19-29(33)34;1-4(2,7)3(5)6/h9,11-17,19-20,24-28,32,37H,10,18H2,1-8H3,(H,33,34);7H,1-2H3,(H2,5,6)/b11-9+,14-12+,21-17+,22-16-,23-19+;/t20?,24-,25?,26?,27?,28-,32?;/m0./s1. The van der Waals surface area contributed by atoms with E-state index in [1.54, 1.807) is 27.7 Å². The van der Waals surface area contributed by atoms with Crippen molar-refractivity contribution in [1.29, 1.82) is 0 Å². The summed E-state index contributed by atoms with van der Waals surface area (Å²) < 4.78 is 4.68. The lowest BCUT2D eigenvalue weighted by Gasteiger charge is -2.25. The molecular weight excluding hydrogens is 590 g/mol. The number of ether oxygens (including phenoxy) is 1. The predicted molar refractivity (Wildman–Crippen MR) is 185 cm³/mol. The molecule has 252 valence electrons. The second-order valence-electron chi connectivity index (χ2n) is 12.8. The van der Waals surface area contributed by atoms with E-state index in [1.807, 2.05) is 65.0 Å². The molecule has 45 heavy (non-hydrogen) atoms. The number of primary amides is 1. The molecule has 1 rings (SSSR count). The summed E-state index contributed by atoms with van der Waals surface area (Å²) in [5, 5.41) is 19.5. The number of esters is 1. The Kier molecular flexibility index (Phi) is 18.6. The molecule has 5 unspecified atom stereocenters. The topological polar surface area (TPSA) is 144 Å². The van der Waals surface area contributed by atoms with E-state index < -0.39 is 28.6 Å². The van der Waals surface area contributed by atoms with E-state index >= 15 is 0 Å². The minimum Gasteiger partial charge on any atom is -0.478 e. The highest BCUT2D eigenvalue weighted by atomic mass is 32.1. The average molecular weight is 646 g/mol. The zero-order chi connectivity index (χ0) is 35.1. The highest BCUT2D eigenvalue weighted by Crippen LogP contribution is 2.24. The van der Waals surface area contributed by atoms with Gasteiger partial charge >= 0.3 is 11.9 Å². The van der Waals surface area contributed by atoms with Gasteiger partial charge in [-0.15, -0.1) is 0 Å². The van der Waals surface area contributed by atoms with Gasteiger partial charge in [-0.1, -0.05) is 87.8 Å². The van der Waals surface area contributed by atoms with Gasteiger partial charge in [0.25, 0.3) is 0 Å². The highest BCUT2D eigenvalue weighted by Gasteiger charge is 2.29. The van der Waals surface area contributed by atoms with E-state index in [9.17, 15) is 24.3 Å². The van der Waals surface area contributed by atoms with Crippen molar-refractivity contribution in [1.82, 2.24) is 0 Å². The summed E-state index contributed by atoms with van der Waals surface area (Å²) in [5.74, 6) is -2.41. The van der Waals surface area contributed by atoms with Gasteiger partial charge in [0.05, 0.1) is 10.9 Å². The van der Waals surface area contributed by atoms with Crippen molar-refractivity contribution in [3.05, 3.63) is 71.4 Å². The number of nitrogens with two attached hydrogens (primary N) is 1. The van der Waals surface area contributed by atoms with E-state index in [-0.39, 0.29) is 35.6 Å². The number of cyclic esters (lactones) is 1. The van der Waals surface area contributed by atoms with Crippen LogP contribution in [0.3, 0.4) is 0 Å². The lowest BCUT2D eigenvalue weighted by Crippen LogP contribution is -2.34. The van der Waals surface area contributed by atoms with Gasteiger partial charge in [0.1, 0.15) is 11.9 Å². The van der Waals surface area contributed by atoms with Crippen LogP contribution in [-0.2, 0) is 23.9 Å². The first-order valence-electron chi connectivity index (χ1n) is 15.4. The molecule has 7 atom stereocenters. The van der Waals surface area contributed by atoms with Gasteiger partial charge < -0.3 is 20.7 Å². The molecule has 9 heteroatoms. The zero-order valence-corrected chi connectivity index (χ0v) is 29.5. The molecule has 0 aromatic carbocycles. The molecule has 0 bridgehead atoms. The van der Waals surface area contributed by atoms with Crippen molar-refractivity contribution in [2.45, 2.75) is 99.0 Å². The number of amides is 1. The van der Waals surface area contributed by atoms with Crippen LogP contribution < -0.4 is 5.73 Å². The summed E-state index contributed by atoms with van der Waals surface area (Å²) in [6.07, 6.45) is 16.8. The number of carboxylic acids is 1. The number of Topliss-reactive ketones (excluding diaryl/α,β-unsaturated/α-hetero) is 1. The van der Waals surface area contributed by atoms with Crippen LogP contribution in [0.25, 0.3) is 0 Å². The maximum atomic E-state index is 12.9. The third kappa shape index (κ3) is 17.8. The number of hydrogen-bond acceptors (Lipinski definition) is 7.